The van der Waals surface area contributed by atoms with Crippen molar-refractivity contribution in [2.45, 2.75) is 58.4 Å². The van der Waals surface area contributed by atoms with Crippen LogP contribution in [0.4, 0.5) is 0 Å². The van der Waals surface area contributed by atoms with E-state index < -0.39 is 0 Å². The Morgan fingerprint density at radius 3 is 2.44 bits per heavy atom. The van der Waals surface area contributed by atoms with Gasteiger partial charge in [-0.2, -0.15) is 0 Å². The standard InChI is InChI=1S/C20H32N2O2.ClH/c1-4-14-22(18-9-12-21-13-10-18)20(23)11-15-24-19-7-5-17(6-8-19)16(2)3;/h5-8,16,18,21H,4,9-15H2,1-3H3;1H. The number of amides is 1. The molecule has 1 amide bonds. The Kier molecular flexibility index (Phi) is 9.91. The molecule has 1 aromatic rings. The van der Waals surface area contributed by atoms with Crippen LogP contribution in [0.25, 0.3) is 0 Å². The highest BCUT2D eigenvalue weighted by atomic mass is 35.5. The topological polar surface area (TPSA) is 41.6 Å². The molecule has 1 aromatic carbocycles. The number of piperidine rings is 1. The van der Waals surface area contributed by atoms with Crippen LogP contribution in [0, 0.1) is 0 Å². The Bertz CT molecular complexity index is 499. The molecule has 1 saturated heterocycles. The second-order valence-electron chi connectivity index (χ2n) is 6.89. The zero-order valence-corrected chi connectivity index (χ0v) is 16.6. The van der Waals surface area contributed by atoms with E-state index in [1.807, 2.05) is 12.1 Å². The second-order valence-corrected chi connectivity index (χ2v) is 6.89. The van der Waals surface area contributed by atoms with E-state index in [2.05, 4.69) is 43.1 Å². The van der Waals surface area contributed by atoms with E-state index in [9.17, 15) is 4.79 Å². The van der Waals surface area contributed by atoms with E-state index in [-0.39, 0.29) is 18.3 Å². The maximum Gasteiger partial charge on any atom is 0.226 e. The minimum Gasteiger partial charge on any atom is -0.493 e. The van der Waals surface area contributed by atoms with Crippen LogP contribution in [-0.4, -0.2) is 43.1 Å². The van der Waals surface area contributed by atoms with Gasteiger partial charge in [-0.05, 0) is 56.0 Å². The van der Waals surface area contributed by atoms with Crippen LogP contribution < -0.4 is 10.1 Å². The van der Waals surface area contributed by atoms with Crippen molar-refractivity contribution in [3.63, 3.8) is 0 Å². The summed E-state index contributed by atoms with van der Waals surface area (Å²) in [7, 11) is 0. The molecule has 25 heavy (non-hydrogen) atoms. The highest BCUT2D eigenvalue weighted by molar-refractivity contribution is 5.85. The Balaban J connectivity index is 0.00000312. The molecule has 142 valence electrons. The van der Waals surface area contributed by atoms with Gasteiger partial charge in [0.05, 0.1) is 13.0 Å². The lowest BCUT2D eigenvalue weighted by Crippen LogP contribution is -2.46. The number of rotatable bonds is 8. The van der Waals surface area contributed by atoms with Gasteiger partial charge >= 0.3 is 0 Å². The van der Waals surface area contributed by atoms with Crippen molar-refractivity contribution in [1.82, 2.24) is 10.2 Å². The lowest BCUT2D eigenvalue weighted by atomic mass is 10.0. The maximum atomic E-state index is 12.6. The molecular formula is C20H33ClN2O2. The van der Waals surface area contributed by atoms with Crippen molar-refractivity contribution < 1.29 is 9.53 Å². The highest BCUT2D eigenvalue weighted by Gasteiger charge is 2.24. The molecule has 5 heteroatoms. The number of benzene rings is 1. The summed E-state index contributed by atoms with van der Waals surface area (Å²) < 4.78 is 5.77. The normalized spacial score (nSPS) is 14.9. The highest BCUT2D eigenvalue weighted by Crippen LogP contribution is 2.19. The maximum absolute atomic E-state index is 12.6. The first-order valence-corrected chi connectivity index (χ1v) is 9.34. The third-order valence-electron chi connectivity index (χ3n) is 4.67. The lowest BCUT2D eigenvalue weighted by Gasteiger charge is -2.34. The smallest absolute Gasteiger partial charge is 0.226 e. The minimum atomic E-state index is 0. The monoisotopic (exact) mass is 368 g/mol. The predicted molar refractivity (Wildman–Crippen MR) is 106 cm³/mol. The number of hydrogen-bond acceptors (Lipinski definition) is 3. The summed E-state index contributed by atoms with van der Waals surface area (Å²) in [6, 6.07) is 8.58. The van der Waals surface area contributed by atoms with Gasteiger partial charge in [0.2, 0.25) is 5.91 Å². The molecule has 0 atom stereocenters. The molecule has 1 N–H and O–H groups in total. The van der Waals surface area contributed by atoms with E-state index in [1.165, 1.54) is 5.56 Å². The van der Waals surface area contributed by atoms with Gasteiger partial charge in [0.25, 0.3) is 0 Å². The molecule has 0 bridgehead atoms. The molecule has 1 fully saturated rings. The van der Waals surface area contributed by atoms with Crippen LogP contribution in [0.5, 0.6) is 5.75 Å². The molecular weight excluding hydrogens is 336 g/mol. The predicted octanol–water partition coefficient (Wildman–Crippen LogP) is 3.99. The van der Waals surface area contributed by atoms with Crippen molar-refractivity contribution >= 4 is 18.3 Å². The molecule has 1 aliphatic rings. The van der Waals surface area contributed by atoms with Crippen LogP contribution >= 0.6 is 12.4 Å². The number of nitrogens with zero attached hydrogens (tertiary/aromatic N) is 1. The first kappa shape index (κ1) is 21.8. The SMILES string of the molecule is CCCN(C(=O)CCOc1ccc(C(C)C)cc1)C1CCNCC1.Cl. The van der Waals surface area contributed by atoms with Gasteiger partial charge in [-0.15, -0.1) is 12.4 Å². The summed E-state index contributed by atoms with van der Waals surface area (Å²) in [6.45, 7) is 9.81. The molecule has 1 aliphatic heterocycles. The molecule has 0 unspecified atom stereocenters. The Hall–Kier alpha value is -1.26. The first-order valence-electron chi connectivity index (χ1n) is 9.34. The molecule has 0 aliphatic carbocycles. The van der Waals surface area contributed by atoms with Crippen LogP contribution in [0.1, 0.15) is 57.9 Å². The summed E-state index contributed by atoms with van der Waals surface area (Å²) in [6.07, 6.45) is 3.58. The number of carbonyl (C=O) groups excluding carboxylic acids is 1. The summed E-state index contributed by atoms with van der Waals surface area (Å²) in [5, 5.41) is 3.37. The molecule has 1 heterocycles. The van der Waals surface area contributed by atoms with Crippen LogP contribution in [-0.2, 0) is 4.79 Å². The zero-order valence-electron chi connectivity index (χ0n) is 15.8. The van der Waals surface area contributed by atoms with Gasteiger partial charge in [0.1, 0.15) is 5.75 Å². The van der Waals surface area contributed by atoms with Gasteiger partial charge in [0.15, 0.2) is 0 Å². The van der Waals surface area contributed by atoms with E-state index in [0.717, 1.165) is 44.6 Å². The zero-order chi connectivity index (χ0) is 17.4. The van der Waals surface area contributed by atoms with Crippen LogP contribution in [0.15, 0.2) is 24.3 Å². The minimum absolute atomic E-state index is 0. The Morgan fingerprint density at radius 2 is 1.88 bits per heavy atom. The van der Waals surface area contributed by atoms with Gasteiger partial charge in [0, 0.05) is 12.6 Å². The van der Waals surface area contributed by atoms with E-state index in [0.29, 0.717) is 25.0 Å². The van der Waals surface area contributed by atoms with Gasteiger partial charge in [-0.25, -0.2) is 0 Å². The molecule has 0 saturated carbocycles. The fourth-order valence-corrected chi connectivity index (χ4v) is 3.22. The largest absolute Gasteiger partial charge is 0.493 e. The third kappa shape index (κ3) is 6.87. The van der Waals surface area contributed by atoms with Gasteiger partial charge in [-0.1, -0.05) is 32.9 Å². The summed E-state index contributed by atoms with van der Waals surface area (Å²) in [5.74, 6) is 1.59. The summed E-state index contributed by atoms with van der Waals surface area (Å²) in [5.41, 5.74) is 1.30. The van der Waals surface area contributed by atoms with Gasteiger partial charge in [-0.3, -0.25) is 4.79 Å². The van der Waals surface area contributed by atoms with Crippen molar-refractivity contribution in [2.24, 2.45) is 0 Å². The van der Waals surface area contributed by atoms with Crippen molar-refractivity contribution in [3.8, 4) is 5.75 Å². The number of hydrogen-bond donors (Lipinski definition) is 1. The van der Waals surface area contributed by atoms with Crippen molar-refractivity contribution in [3.05, 3.63) is 29.8 Å². The van der Waals surface area contributed by atoms with Crippen LogP contribution in [0.2, 0.25) is 0 Å². The van der Waals surface area contributed by atoms with Crippen LogP contribution in [0.3, 0.4) is 0 Å². The number of ether oxygens (including phenoxy) is 1. The van der Waals surface area contributed by atoms with E-state index in [1.54, 1.807) is 0 Å². The fraction of sp³-hybridized carbons (Fsp3) is 0.650. The van der Waals surface area contributed by atoms with Gasteiger partial charge < -0.3 is 15.0 Å². The number of halogens is 1. The third-order valence-corrected chi connectivity index (χ3v) is 4.67. The Labute approximate surface area is 158 Å². The average molecular weight is 369 g/mol. The lowest BCUT2D eigenvalue weighted by molar-refractivity contribution is -0.134. The molecule has 0 spiro atoms. The second kappa shape index (κ2) is 11.4. The van der Waals surface area contributed by atoms with E-state index >= 15 is 0 Å². The number of carbonyl (C=O) groups is 1. The average Bonchev–Trinajstić information content (AvgIpc) is 2.60. The molecule has 2 rings (SSSR count). The molecule has 0 radical (unpaired) electrons. The number of nitrogens with one attached hydrogen (secondary N) is 1. The summed E-state index contributed by atoms with van der Waals surface area (Å²) in [4.78, 5) is 14.7. The first-order chi connectivity index (χ1) is 11.6. The Morgan fingerprint density at radius 1 is 1.24 bits per heavy atom. The molecule has 0 aromatic heterocycles. The quantitative estimate of drug-likeness (QED) is 0.754. The summed E-state index contributed by atoms with van der Waals surface area (Å²) >= 11 is 0. The van der Waals surface area contributed by atoms with E-state index in [4.69, 9.17) is 4.74 Å². The van der Waals surface area contributed by atoms with Crippen molar-refractivity contribution in [1.29, 1.82) is 0 Å². The molecule has 4 nitrogen and oxygen atoms in total. The van der Waals surface area contributed by atoms with Crippen molar-refractivity contribution in [2.75, 3.05) is 26.2 Å². The fourth-order valence-electron chi connectivity index (χ4n) is 3.22.